The highest BCUT2D eigenvalue weighted by atomic mass is 79.9. The zero-order valence-corrected chi connectivity index (χ0v) is 22.7. The van der Waals surface area contributed by atoms with Crippen molar-refractivity contribution in [3.63, 3.8) is 0 Å². The Bertz CT molecular complexity index is 1270. The molecule has 14 heteroatoms. The Morgan fingerprint density at radius 1 is 1.03 bits per heavy atom. The third kappa shape index (κ3) is 7.43. The van der Waals surface area contributed by atoms with E-state index < -0.39 is 53.3 Å². The maximum absolute atomic E-state index is 15.0. The third-order valence-electron chi connectivity index (χ3n) is 5.86. The summed E-state index contributed by atoms with van der Waals surface area (Å²) in [6.45, 7) is -1.53. The Kier molecular flexibility index (Phi) is 9.17. The third-order valence-corrected chi connectivity index (χ3v) is 7.71. The second-order valence-corrected chi connectivity index (χ2v) is 10.8. The van der Waals surface area contributed by atoms with Gasteiger partial charge in [-0.3, -0.25) is 9.59 Å². The highest BCUT2D eigenvalue weighted by Gasteiger charge is 2.51. The number of halogens is 11. The molecule has 0 spiro atoms. The number of amides is 1. The fourth-order valence-electron chi connectivity index (χ4n) is 3.67. The average molecular weight is 670 g/mol. The number of nitrogens with one attached hydrogen (secondary N) is 1. The molecule has 1 aliphatic rings. The van der Waals surface area contributed by atoms with E-state index in [1.165, 1.54) is 0 Å². The van der Waals surface area contributed by atoms with E-state index in [2.05, 4.69) is 15.9 Å². The van der Waals surface area contributed by atoms with Gasteiger partial charge in [-0.1, -0.05) is 56.8 Å². The number of carbonyl (C=O) groups is 2. The first-order valence-electron chi connectivity index (χ1n) is 10.7. The zero-order valence-electron chi connectivity index (χ0n) is 18.8. The molecule has 3 rings (SSSR count). The van der Waals surface area contributed by atoms with Gasteiger partial charge in [0.2, 0.25) is 5.91 Å². The van der Waals surface area contributed by atoms with E-state index in [1.807, 2.05) is 0 Å². The van der Waals surface area contributed by atoms with E-state index in [0.717, 1.165) is 30.3 Å². The molecule has 2 aromatic rings. The van der Waals surface area contributed by atoms with Crippen molar-refractivity contribution in [1.82, 2.24) is 5.32 Å². The summed E-state index contributed by atoms with van der Waals surface area (Å²) in [4.78, 5) is 25.0. The number of hydrogen-bond acceptors (Lipinski definition) is 2. The minimum absolute atomic E-state index is 0.0138. The molecule has 38 heavy (non-hydrogen) atoms. The number of rotatable bonds is 8. The van der Waals surface area contributed by atoms with Crippen molar-refractivity contribution in [3.05, 3.63) is 72.6 Å². The second kappa shape index (κ2) is 11.3. The van der Waals surface area contributed by atoms with E-state index in [9.17, 15) is 40.3 Å². The molecule has 0 heterocycles. The number of carbonyl (C=O) groups excluding carboxylic acids is 2. The van der Waals surface area contributed by atoms with Gasteiger partial charge in [0.05, 0.1) is 20.5 Å². The first-order valence-corrected chi connectivity index (χ1v) is 12.6. The topological polar surface area (TPSA) is 46.2 Å². The normalized spacial score (nSPS) is 16.2. The maximum atomic E-state index is 15.0. The predicted octanol–water partition coefficient (Wildman–Crippen LogP) is 9.10. The summed E-state index contributed by atoms with van der Waals surface area (Å²) in [5.74, 6) is -5.20. The predicted molar refractivity (Wildman–Crippen MR) is 133 cm³/mol. The Balaban J connectivity index is 1.82. The second-order valence-electron chi connectivity index (χ2n) is 8.71. The molecule has 0 aliphatic heterocycles. The quantitative estimate of drug-likeness (QED) is 0.173. The van der Waals surface area contributed by atoms with Crippen molar-refractivity contribution in [3.8, 4) is 0 Å². The van der Waals surface area contributed by atoms with Gasteiger partial charge in [-0.15, -0.1) is 0 Å². The first-order chi connectivity index (χ1) is 17.4. The van der Waals surface area contributed by atoms with E-state index >= 15 is 0 Å². The van der Waals surface area contributed by atoms with Gasteiger partial charge in [0.15, 0.2) is 5.78 Å². The molecule has 206 valence electrons. The number of allylic oxidation sites excluding steroid dienone is 1. The van der Waals surface area contributed by atoms with Crippen LogP contribution in [0.25, 0.3) is 5.83 Å². The minimum Gasteiger partial charge on any atom is -0.346 e. The van der Waals surface area contributed by atoms with Gasteiger partial charge in [-0.25, -0.2) is 4.39 Å². The molecule has 3 nitrogen and oxygen atoms in total. The molecule has 1 unspecified atom stereocenters. The largest absolute Gasteiger partial charge is 0.405 e. The summed E-state index contributed by atoms with van der Waals surface area (Å²) >= 11 is 20.5. The lowest BCUT2D eigenvalue weighted by molar-refractivity contribution is -0.141. The lowest BCUT2D eigenvalue weighted by Crippen LogP contribution is -2.39. The molecular weight excluding hydrogens is 654 g/mol. The smallest absolute Gasteiger partial charge is 0.346 e. The summed E-state index contributed by atoms with van der Waals surface area (Å²) in [6, 6.07) is 5.15. The molecule has 1 atom stereocenters. The van der Waals surface area contributed by atoms with Crippen LogP contribution in [-0.4, -0.2) is 30.6 Å². The van der Waals surface area contributed by atoms with Crippen LogP contribution in [0.5, 0.6) is 0 Å². The Labute approximate surface area is 235 Å². The van der Waals surface area contributed by atoms with Gasteiger partial charge in [0.1, 0.15) is 18.3 Å². The zero-order chi connectivity index (χ0) is 28.6. The van der Waals surface area contributed by atoms with Crippen molar-refractivity contribution in [1.29, 1.82) is 0 Å². The van der Waals surface area contributed by atoms with Crippen LogP contribution < -0.4 is 5.32 Å². The average Bonchev–Trinajstić information content (AvgIpc) is 3.58. The van der Waals surface area contributed by atoms with E-state index in [0.29, 0.717) is 6.08 Å². The molecular formula is C24H16BrCl3F7NO2. The molecule has 1 fully saturated rings. The number of Topliss-reactive ketones (excluding diaryl/α,β-unsaturated/α-hetero) is 1. The lowest BCUT2D eigenvalue weighted by atomic mass is 9.93. The van der Waals surface area contributed by atoms with Crippen molar-refractivity contribution < 1.29 is 40.3 Å². The van der Waals surface area contributed by atoms with Crippen LogP contribution in [0.1, 0.15) is 46.7 Å². The van der Waals surface area contributed by atoms with Crippen LogP contribution in [0.3, 0.4) is 0 Å². The van der Waals surface area contributed by atoms with Gasteiger partial charge in [0.25, 0.3) is 0 Å². The standard InChI is InChI=1S/C24H16BrCl3F7NO2/c25-15-5-11(18(29)8-14(24(33,34)35)12-6-16(26)20(28)17(27)7-12)1-2-13(15)19(37)9-22(3-4-22)21(38)36-10-23(30,31)32/h1-2,5-8,14H,3-4,9-10H2,(H,36,38)/b18-8-. The SMILES string of the molecule is O=C(CC1(C(=O)NCC(F)(F)F)CC1)c1ccc(/C(F)=C/C(c2cc(Cl)c(Cl)c(Cl)c2)C(F)(F)F)cc1Br. The minimum atomic E-state index is -4.92. The molecule has 0 aromatic heterocycles. The summed E-state index contributed by atoms with van der Waals surface area (Å²) in [5, 5.41) is 1.13. The summed E-state index contributed by atoms with van der Waals surface area (Å²) in [5.41, 5.74) is -2.03. The monoisotopic (exact) mass is 667 g/mol. The molecule has 1 aliphatic carbocycles. The van der Waals surface area contributed by atoms with E-state index in [1.54, 1.807) is 5.32 Å². The van der Waals surface area contributed by atoms with Gasteiger partial charge in [-0.2, -0.15) is 26.3 Å². The van der Waals surface area contributed by atoms with Gasteiger partial charge >= 0.3 is 12.4 Å². The van der Waals surface area contributed by atoms with Crippen molar-refractivity contribution >= 4 is 68.3 Å². The first kappa shape index (κ1) is 30.7. The molecule has 1 N–H and O–H groups in total. The highest BCUT2D eigenvalue weighted by molar-refractivity contribution is 9.10. The Morgan fingerprint density at radius 3 is 2.08 bits per heavy atom. The molecule has 0 saturated heterocycles. The van der Waals surface area contributed by atoms with E-state index in [4.69, 9.17) is 34.8 Å². The molecule has 0 radical (unpaired) electrons. The maximum Gasteiger partial charge on any atom is 0.405 e. The van der Waals surface area contributed by atoms with Crippen LogP contribution in [-0.2, 0) is 4.79 Å². The number of hydrogen-bond donors (Lipinski definition) is 1. The fraction of sp³-hybridized carbons (Fsp3) is 0.333. The Morgan fingerprint density at radius 2 is 1.61 bits per heavy atom. The van der Waals surface area contributed by atoms with Crippen LogP contribution >= 0.6 is 50.7 Å². The van der Waals surface area contributed by atoms with Crippen molar-refractivity contribution in [2.24, 2.45) is 5.41 Å². The summed E-state index contributed by atoms with van der Waals surface area (Å²) in [7, 11) is 0. The summed E-state index contributed by atoms with van der Waals surface area (Å²) in [6.07, 6.45) is -9.16. The van der Waals surface area contributed by atoms with E-state index in [-0.39, 0.29) is 49.9 Å². The van der Waals surface area contributed by atoms with Crippen molar-refractivity contribution in [2.45, 2.75) is 37.5 Å². The molecule has 1 saturated carbocycles. The van der Waals surface area contributed by atoms with Crippen LogP contribution in [0.4, 0.5) is 30.7 Å². The fourth-order valence-corrected chi connectivity index (χ4v) is 4.89. The molecule has 1 amide bonds. The molecule has 0 bridgehead atoms. The van der Waals surface area contributed by atoms with Crippen molar-refractivity contribution in [2.75, 3.05) is 6.54 Å². The van der Waals surface area contributed by atoms with Crippen LogP contribution in [0, 0.1) is 5.41 Å². The number of benzene rings is 2. The number of ketones is 1. The van der Waals surface area contributed by atoms with Gasteiger partial charge in [0, 0.05) is 22.0 Å². The van der Waals surface area contributed by atoms with Gasteiger partial charge < -0.3 is 5.32 Å². The summed E-state index contributed by atoms with van der Waals surface area (Å²) < 4.78 is 93.5. The Hall–Kier alpha value is -1.82. The van der Waals surface area contributed by atoms with Crippen LogP contribution in [0.2, 0.25) is 15.1 Å². The molecule has 2 aromatic carbocycles. The lowest BCUT2D eigenvalue weighted by Gasteiger charge is -2.19. The van der Waals surface area contributed by atoms with Crippen LogP contribution in [0.15, 0.2) is 40.9 Å². The highest BCUT2D eigenvalue weighted by Crippen LogP contribution is 2.50. The van der Waals surface area contributed by atoms with Gasteiger partial charge in [-0.05, 0) is 48.7 Å². The number of alkyl halides is 6.